The molecule has 4 nitrogen and oxygen atoms in total. The van der Waals surface area contributed by atoms with Gasteiger partial charge in [0.05, 0.1) is 12.7 Å². The van der Waals surface area contributed by atoms with Gasteiger partial charge in [0.15, 0.2) is 0 Å². The maximum Gasteiger partial charge on any atom is 0.338 e. The lowest BCUT2D eigenvalue weighted by molar-refractivity contribution is -0.151. The van der Waals surface area contributed by atoms with Gasteiger partial charge in [-0.15, -0.1) is 0 Å². The molecular weight excluding hydrogens is 304 g/mol. The summed E-state index contributed by atoms with van der Waals surface area (Å²) in [6, 6.07) is 18.3. The Morgan fingerprint density at radius 3 is 2.25 bits per heavy atom. The molecule has 1 aliphatic rings. The van der Waals surface area contributed by atoms with E-state index in [1.54, 1.807) is 24.3 Å². The van der Waals surface area contributed by atoms with Gasteiger partial charge >= 0.3 is 11.9 Å². The highest BCUT2D eigenvalue weighted by molar-refractivity contribution is 5.91. The number of ether oxygens (including phenoxy) is 2. The van der Waals surface area contributed by atoms with Crippen molar-refractivity contribution in [3.05, 3.63) is 71.8 Å². The summed E-state index contributed by atoms with van der Waals surface area (Å²) < 4.78 is 10.8. The molecule has 2 unspecified atom stereocenters. The monoisotopic (exact) mass is 324 g/mol. The summed E-state index contributed by atoms with van der Waals surface area (Å²) in [7, 11) is 1.38. The Bertz CT molecular complexity index is 711. The van der Waals surface area contributed by atoms with Gasteiger partial charge in [0.1, 0.15) is 11.5 Å². The van der Waals surface area contributed by atoms with E-state index in [0.29, 0.717) is 18.4 Å². The minimum Gasteiger partial charge on any atom is -0.468 e. The van der Waals surface area contributed by atoms with Crippen LogP contribution in [0.1, 0.15) is 35.2 Å². The Balaban J connectivity index is 1.94. The molecule has 0 spiro atoms. The SMILES string of the molecule is COC(=O)C1(c2ccccc2)CCCC1OC(=O)c1ccccc1. The summed E-state index contributed by atoms with van der Waals surface area (Å²) in [6.07, 6.45) is 1.52. The van der Waals surface area contributed by atoms with Gasteiger partial charge in [0.25, 0.3) is 0 Å². The second-order valence-corrected chi connectivity index (χ2v) is 5.98. The average Bonchev–Trinajstić information content (AvgIpc) is 3.07. The number of hydrogen-bond acceptors (Lipinski definition) is 4. The van der Waals surface area contributed by atoms with E-state index in [4.69, 9.17) is 9.47 Å². The summed E-state index contributed by atoms with van der Waals surface area (Å²) >= 11 is 0. The van der Waals surface area contributed by atoms with Crippen molar-refractivity contribution in [3.63, 3.8) is 0 Å². The summed E-state index contributed by atoms with van der Waals surface area (Å²) in [4.78, 5) is 25.1. The minimum absolute atomic E-state index is 0.350. The largest absolute Gasteiger partial charge is 0.468 e. The lowest BCUT2D eigenvalue weighted by Crippen LogP contribution is -2.45. The van der Waals surface area contributed by atoms with E-state index in [2.05, 4.69) is 0 Å². The third kappa shape index (κ3) is 2.80. The van der Waals surface area contributed by atoms with Crippen molar-refractivity contribution in [3.8, 4) is 0 Å². The molecule has 0 aromatic heterocycles. The smallest absolute Gasteiger partial charge is 0.338 e. The molecule has 0 N–H and O–H groups in total. The van der Waals surface area contributed by atoms with Crippen molar-refractivity contribution in [2.24, 2.45) is 0 Å². The third-order valence-corrected chi connectivity index (χ3v) is 4.68. The fourth-order valence-corrected chi connectivity index (χ4v) is 3.50. The van der Waals surface area contributed by atoms with Crippen LogP contribution in [-0.4, -0.2) is 25.2 Å². The van der Waals surface area contributed by atoms with Gasteiger partial charge in [0, 0.05) is 0 Å². The first kappa shape index (κ1) is 16.2. The van der Waals surface area contributed by atoms with E-state index in [-0.39, 0.29) is 5.97 Å². The first-order valence-corrected chi connectivity index (χ1v) is 8.08. The molecule has 2 atom stereocenters. The highest BCUT2D eigenvalue weighted by atomic mass is 16.6. The van der Waals surface area contributed by atoms with Gasteiger partial charge in [0.2, 0.25) is 0 Å². The normalized spacial score (nSPS) is 22.8. The number of esters is 2. The van der Waals surface area contributed by atoms with Crippen LogP contribution >= 0.6 is 0 Å². The third-order valence-electron chi connectivity index (χ3n) is 4.68. The quantitative estimate of drug-likeness (QED) is 0.808. The topological polar surface area (TPSA) is 52.6 Å². The zero-order valence-corrected chi connectivity index (χ0v) is 13.6. The average molecular weight is 324 g/mol. The van der Waals surface area contributed by atoms with E-state index >= 15 is 0 Å². The van der Waals surface area contributed by atoms with Crippen molar-refractivity contribution >= 4 is 11.9 Å². The Kier molecular flexibility index (Phi) is 4.65. The summed E-state index contributed by atoms with van der Waals surface area (Å²) in [5.41, 5.74) is 0.386. The van der Waals surface area contributed by atoms with Crippen LogP contribution in [0.4, 0.5) is 0 Å². The molecule has 0 amide bonds. The molecule has 124 valence electrons. The Labute approximate surface area is 141 Å². The van der Waals surface area contributed by atoms with Crippen molar-refractivity contribution in [1.29, 1.82) is 0 Å². The van der Waals surface area contributed by atoms with E-state index in [9.17, 15) is 9.59 Å². The molecule has 2 aromatic carbocycles. The zero-order chi connectivity index (χ0) is 17.0. The van der Waals surface area contributed by atoms with Gasteiger partial charge in [-0.2, -0.15) is 0 Å². The van der Waals surface area contributed by atoms with Crippen molar-refractivity contribution < 1.29 is 19.1 Å². The molecule has 0 heterocycles. The van der Waals surface area contributed by atoms with E-state index < -0.39 is 17.5 Å². The molecule has 24 heavy (non-hydrogen) atoms. The first-order valence-electron chi connectivity index (χ1n) is 8.08. The van der Waals surface area contributed by atoms with E-state index in [1.807, 2.05) is 36.4 Å². The maximum absolute atomic E-state index is 12.7. The molecule has 0 bridgehead atoms. The van der Waals surface area contributed by atoms with Gasteiger partial charge in [-0.25, -0.2) is 4.79 Å². The van der Waals surface area contributed by atoms with Crippen LogP contribution in [0.3, 0.4) is 0 Å². The number of benzene rings is 2. The lowest BCUT2D eigenvalue weighted by atomic mass is 9.77. The van der Waals surface area contributed by atoms with Crippen LogP contribution in [0.5, 0.6) is 0 Å². The number of carbonyl (C=O) groups excluding carboxylic acids is 2. The van der Waals surface area contributed by atoms with Gasteiger partial charge < -0.3 is 9.47 Å². The molecule has 1 fully saturated rings. The van der Waals surface area contributed by atoms with Crippen molar-refractivity contribution in [2.75, 3.05) is 7.11 Å². The Hall–Kier alpha value is -2.62. The molecular formula is C20H20O4. The fraction of sp³-hybridized carbons (Fsp3) is 0.300. The Morgan fingerprint density at radius 1 is 1.00 bits per heavy atom. The second-order valence-electron chi connectivity index (χ2n) is 5.98. The number of hydrogen-bond donors (Lipinski definition) is 0. The molecule has 4 heteroatoms. The highest BCUT2D eigenvalue weighted by Gasteiger charge is 2.53. The molecule has 2 aromatic rings. The molecule has 3 rings (SSSR count). The summed E-state index contributed by atoms with van der Waals surface area (Å²) in [6.45, 7) is 0. The maximum atomic E-state index is 12.7. The molecule has 0 saturated heterocycles. The molecule has 1 aliphatic carbocycles. The van der Waals surface area contributed by atoms with Gasteiger partial charge in [-0.3, -0.25) is 4.79 Å². The van der Waals surface area contributed by atoms with Gasteiger partial charge in [-0.05, 0) is 37.0 Å². The van der Waals surface area contributed by atoms with Crippen LogP contribution in [0.2, 0.25) is 0 Å². The van der Waals surface area contributed by atoms with Crippen molar-refractivity contribution in [2.45, 2.75) is 30.8 Å². The van der Waals surface area contributed by atoms with Crippen LogP contribution in [0.25, 0.3) is 0 Å². The van der Waals surface area contributed by atoms with Crippen LogP contribution in [-0.2, 0) is 19.7 Å². The predicted molar refractivity (Wildman–Crippen MR) is 89.6 cm³/mol. The summed E-state index contributed by atoms with van der Waals surface area (Å²) in [5.74, 6) is -0.760. The molecule has 1 saturated carbocycles. The first-order chi connectivity index (χ1) is 11.7. The predicted octanol–water partition coefficient (Wildman–Crippen LogP) is 3.51. The lowest BCUT2D eigenvalue weighted by Gasteiger charge is -2.32. The molecule has 0 radical (unpaired) electrons. The van der Waals surface area contributed by atoms with Crippen molar-refractivity contribution in [1.82, 2.24) is 0 Å². The zero-order valence-electron chi connectivity index (χ0n) is 13.6. The number of methoxy groups -OCH3 is 1. The second kappa shape index (κ2) is 6.87. The fourth-order valence-electron chi connectivity index (χ4n) is 3.50. The van der Waals surface area contributed by atoms with Crippen LogP contribution in [0, 0.1) is 0 Å². The minimum atomic E-state index is -0.930. The highest BCUT2D eigenvalue weighted by Crippen LogP contribution is 2.44. The standard InChI is InChI=1S/C20H20O4/c1-23-19(22)20(16-11-6-3-7-12-16)14-8-13-17(20)24-18(21)15-9-4-2-5-10-15/h2-7,9-12,17H,8,13-14H2,1H3. The van der Waals surface area contributed by atoms with Crippen LogP contribution in [0.15, 0.2) is 60.7 Å². The van der Waals surface area contributed by atoms with E-state index in [1.165, 1.54) is 7.11 Å². The number of carbonyl (C=O) groups is 2. The van der Waals surface area contributed by atoms with Crippen LogP contribution < -0.4 is 0 Å². The van der Waals surface area contributed by atoms with Gasteiger partial charge in [-0.1, -0.05) is 48.5 Å². The summed E-state index contributed by atoms with van der Waals surface area (Å²) in [5, 5.41) is 0. The number of rotatable bonds is 4. The van der Waals surface area contributed by atoms with E-state index in [0.717, 1.165) is 12.0 Å². The Morgan fingerprint density at radius 2 is 1.62 bits per heavy atom. The molecule has 0 aliphatic heterocycles.